The van der Waals surface area contributed by atoms with Crippen LogP contribution in [0.1, 0.15) is 20.3 Å². The van der Waals surface area contributed by atoms with Gasteiger partial charge in [-0.15, -0.1) is 0 Å². The van der Waals surface area contributed by atoms with Gasteiger partial charge in [-0.25, -0.2) is 4.79 Å². The Bertz CT molecular complexity index is 917. The number of carbonyl (C=O) groups is 3. The molecule has 0 unspecified atom stereocenters. The molecule has 29 heavy (non-hydrogen) atoms. The highest BCUT2D eigenvalue weighted by Gasteiger charge is 2.39. The van der Waals surface area contributed by atoms with Crippen LogP contribution in [-0.2, 0) is 9.59 Å². The summed E-state index contributed by atoms with van der Waals surface area (Å²) >= 11 is 6.05. The van der Waals surface area contributed by atoms with E-state index in [1.807, 2.05) is 32.0 Å². The van der Waals surface area contributed by atoms with Crippen LogP contribution in [0.2, 0.25) is 5.02 Å². The van der Waals surface area contributed by atoms with Crippen molar-refractivity contribution in [3.8, 4) is 11.5 Å². The van der Waals surface area contributed by atoms with Crippen molar-refractivity contribution >= 4 is 35.1 Å². The molecule has 1 aliphatic rings. The van der Waals surface area contributed by atoms with E-state index in [1.54, 1.807) is 30.3 Å². The van der Waals surface area contributed by atoms with Crippen molar-refractivity contribution in [2.45, 2.75) is 26.3 Å². The molecule has 1 atom stereocenters. The number of amides is 4. The van der Waals surface area contributed by atoms with Gasteiger partial charge in [-0.1, -0.05) is 43.6 Å². The number of urea groups is 1. The predicted octanol–water partition coefficient (Wildman–Crippen LogP) is 4.04. The maximum Gasteiger partial charge on any atom is 0.325 e. The zero-order valence-electron chi connectivity index (χ0n) is 16.1. The highest BCUT2D eigenvalue weighted by atomic mass is 35.5. The van der Waals surface area contributed by atoms with E-state index in [-0.39, 0.29) is 5.92 Å². The van der Waals surface area contributed by atoms with Gasteiger partial charge in [0.25, 0.3) is 5.91 Å². The summed E-state index contributed by atoms with van der Waals surface area (Å²) in [5.74, 6) is 0.298. The van der Waals surface area contributed by atoms with Gasteiger partial charge in [0.05, 0.1) is 5.69 Å². The topological polar surface area (TPSA) is 87.7 Å². The van der Waals surface area contributed by atoms with Crippen LogP contribution in [0.15, 0.2) is 48.5 Å². The number of benzene rings is 2. The van der Waals surface area contributed by atoms with Gasteiger partial charge in [-0.05, 0) is 42.7 Å². The van der Waals surface area contributed by atoms with Crippen molar-refractivity contribution in [2.75, 3.05) is 11.9 Å². The van der Waals surface area contributed by atoms with Crippen molar-refractivity contribution in [3.63, 3.8) is 0 Å². The van der Waals surface area contributed by atoms with Gasteiger partial charge < -0.3 is 15.4 Å². The fraction of sp³-hybridized carbons (Fsp3) is 0.286. The normalized spacial score (nSPS) is 16.1. The fourth-order valence-electron chi connectivity index (χ4n) is 3.00. The number of imide groups is 1. The van der Waals surface area contributed by atoms with Crippen molar-refractivity contribution in [3.05, 3.63) is 53.6 Å². The lowest BCUT2D eigenvalue weighted by Gasteiger charge is -2.16. The zero-order chi connectivity index (χ0) is 21.0. The van der Waals surface area contributed by atoms with Gasteiger partial charge in [-0.2, -0.15) is 0 Å². The molecule has 152 valence electrons. The Hall–Kier alpha value is -3.06. The van der Waals surface area contributed by atoms with E-state index in [2.05, 4.69) is 10.6 Å². The molecule has 1 aliphatic heterocycles. The number of carbonyl (C=O) groups excluding carboxylic acids is 3. The third-order valence-corrected chi connectivity index (χ3v) is 4.54. The standard InChI is InChI=1S/C21H22ClN3O4/c1-13(2)10-17-20(27)25(21(28)24-17)12-19(26)23-16-11-14(22)8-9-18(16)29-15-6-4-3-5-7-15/h3-9,11,13,17H,10,12H2,1-2H3,(H,23,26)(H,24,28)/t17-/m1/s1. The van der Waals surface area contributed by atoms with E-state index in [4.69, 9.17) is 16.3 Å². The second-order valence-corrected chi connectivity index (χ2v) is 7.60. The summed E-state index contributed by atoms with van der Waals surface area (Å²) in [4.78, 5) is 38.0. The van der Waals surface area contributed by atoms with Crippen LogP contribution >= 0.6 is 11.6 Å². The Morgan fingerprint density at radius 3 is 2.62 bits per heavy atom. The summed E-state index contributed by atoms with van der Waals surface area (Å²) in [5, 5.41) is 5.70. The lowest BCUT2D eigenvalue weighted by Crippen LogP contribution is -2.38. The average molecular weight is 416 g/mol. The molecule has 2 N–H and O–H groups in total. The molecule has 8 heteroatoms. The van der Waals surface area contributed by atoms with Gasteiger partial charge >= 0.3 is 6.03 Å². The summed E-state index contributed by atoms with van der Waals surface area (Å²) in [6.07, 6.45) is 0.520. The molecule has 4 amide bonds. The van der Waals surface area contributed by atoms with E-state index >= 15 is 0 Å². The number of para-hydroxylation sites is 1. The molecule has 0 aromatic heterocycles. The molecule has 0 spiro atoms. The lowest BCUT2D eigenvalue weighted by molar-refractivity contribution is -0.131. The van der Waals surface area contributed by atoms with Crippen molar-refractivity contribution in [1.82, 2.24) is 10.2 Å². The minimum atomic E-state index is -0.599. The van der Waals surface area contributed by atoms with E-state index in [9.17, 15) is 14.4 Å². The molecule has 7 nitrogen and oxygen atoms in total. The molecule has 0 saturated carbocycles. The molecule has 2 aromatic carbocycles. The Labute approximate surface area is 174 Å². The second-order valence-electron chi connectivity index (χ2n) is 7.16. The van der Waals surface area contributed by atoms with Crippen LogP contribution in [0, 0.1) is 5.92 Å². The minimum Gasteiger partial charge on any atom is -0.455 e. The van der Waals surface area contributed by atoms with Crippen LogP contribution < -0.4 is 15.4 Å². The second kappa shape index (κ2) is 8.96. The first-order valence-electron chi connectivity index (χ1n) is 9.27. The van der Waals surface area contributed by atoms with Crippen molar-refractivity contribution in [1.29, 1.82) is 0 Å². The summed E-state index contributed by atoms with van der Waals surface area (Å²) in [6.45, 7) is 3.53. The maximum atomic E-state index is 12.5. The Morgan fingerprint density at radius 2 is 1.93 bits per heavy atom. The smallest absolute Gasteiger partial charge is 0.325 e. The van der Waals surface area contributed by atoms with Crippen molar-refractivity contribution in [2.24, 2.45) is 5.92 Å². The Balaban J connectivity index is 1.70. The summed E-state index contributed by atoms with van der Waals surface area (Å²) < 4.78 is 5.81. The fourth-order valence-corrected chi connectivity index (χ4v) is 3.17. The highest BCUT2D eigenvalue weighted by molar-refractivity contribution is 6.31. The minimum absolute atomic E-state index is 0.238. The molecule has 1 heterocycles. The first-order valence-corrected chi connectivity index (χ1v) is 9.65. The van der Waals surface area contributed by atoms with Gasteiger partial charge in [0.1, 0.15) is 18.3 Å². The molecule has 0 radical (unpaired) electrons. The van der Waals surface area contributed by atoms with E-state index in [1.165, 1.54) is 0 Å². The van der Waals surface area contributed by atoms with E-state index < -0.39 is 30.4 Å². The molecule has 1 saturated heterocycles. The summed E-state index contributed by atoms with van der Waals surface area (Å²) in [6, 6.07) is 12.7. The first-order chi connectivity index (χ1) is 13.8. The third kappa shape index (κ3) is 5.26. The molecular weight excluding hydrogens is 394 g/mol. The summed E-state index contributed by atoms with van der Waals surface area (Å²) in [5.41, 5.74) is 0.345. The molecular formula is C21H22ClN3O4. The van der Waals surface area contributed by atoms with Gasteiger partial charge in [-0.3, -0.25) is 14.5 Å². The monoisotopic (exact) mass is 415 g/mol. The number of nitrogens with zero attached hydrogens (tertiary/aromatic N) is 1. The van der Waals surface area contributed by atoms with Crippen LogP contribution in [-0.4, -0.2) is 35.3 Å². The van der Waals surface area contributed by atoms with E-state index in [0.717, 1.165) is 4.90 Å². The number of hydrogen-bond donors (Lipinski definition) is 2. The Morgan fingerprint density at radius 1 is 1.21 bits per heavy atom. The van der Waals surface area contributed by atoms with Crippen LogP contribution in [0.3, 0.4) is 0 Å². The SMILES string of the molecule is CC(C)C[C@H]1NC(=O)N(CC(=O)Nc2cc(Cl)ccc2Oc2ccccc2)C1=O. The molecule has 1 fully saturated rings. The number of rotatable bonds is 7. The molecule has 3 rings (SSSR count). The molecule has 0 bridgehead atoms. The van der Waals surface area contributed by atoms with Gasteiger partial charge in [0.2, 0.25) is 5.91 Å². The van der Waals surface area contributed by atoms with Gasteiger partial charge in [0, 0.05) is 5.02 Å². The number of anilines is 1. The Kier molecular flexibility index (Phi) is 6.39. The van der Waals surface area contributed by atoms with Crippen LogP contribution in [0.5, 0.6) is 11.5 Å². The zero-order valence-corrected chi connectivity index (χ0v) is 16.9. The highest BCUT2D eigenvalue weighted by Crippen LogP contribution is 2.32. The summed E-state index contributed by atoms with van der Waals surface area (Å²) in [7, 11) is 0. The number of nitrogens with one attached hydrogen (secondary N) is 2. The first kappa shape index (κ1) is 20.7. The van der Waals surface area contributed by atoms with Gasteiger partial charge in [0.15, 0.2) is 5.75 Å². The molecule has 2 aromatic rings. The van der Waals surface area contributed by atoms with E-state index in [0.29, 0.717) is 28.6 Å². The number of hydrogen-bond acceptors (Lipinski definition) is 4. The number of halogens is 1. The predicted molar refractivity (Wildman–Crippen MR) is 110 cm³/mol. The third-order valence-electron chi connectivity index (χ3n) is 4.30. The molecule has 0 aliphatic carbocycles. The largest absolute Gasteiger partial charge is 0.455 e. The van der Waals surface area contributed by atoms with Crippen molar-refractivity contribution < 1.29 is 19.1 Å². The maximum absolute atomic E-state index is 12.5. The average Bonchev–Trinajstić information content (AvgIpc) is 2.91. The van der Waals surface area contributed by atoms with Crippen LogP contribution in [0.25, 0.3) is 0 Å². The number of ether oxygens (including phenoxy) is 1. The lowest BCUT2D eigenvalue weighted by atomic mass is 10.0. The quantitative estimate of drug-likeness (QED) is 0.668. The van der Waals surface area contributed by atoms with Crippen LogP contribution in [0.4, 0.5) is 10.5 Å².